The lowest BCUT2D eigenvalue weighted by atomic mass is 10.2. The largest absolute Gasteiger partial charge is 0.491 e. The lowest BCUT2D eigenvalue weighted by molar-refractivity contribution is 0.0977. The fourth-order valence-corrected chi connectivity index (χ4v) is 2.21. The number of hydrogen-bond acceptors (Lipinski definition) is 3. The third-order valence-corrected chi connectivity index (χ3v) is 3.50. The highest BCUT2D eigenvalue weighted by Gasteiger charge is 2.10. The minimum Gasteiger partial charge on any atom is -0.491 e. The molecular weight excluding hydrogens is 344 g/mol. The number of carbonyl (C=O) groups is 1. The zero-order valence-corrected chi connectivity index (χ0v) is 15.1. The van der Waals surface area contributed by atoms with Crippen molar-refractivity contribution in [1.29, 1.82) is 0 Å². The van der Waals surface area contributed by atoms with E-state index in [1.807, 2.05) is 24.3 Å². The van der Waals surface area contributed by atoms with Crippen LogP contribution in [-0.2, 0) is 0 Å². The predicted octanol–water partition coefficient (Wildman–Crippen LogP) is 4.50. The molecule has 0 aliphatic carbocycles. The summed E-state index contributed by atoms with van der Waals surface area (Å²) in [7, 11) is 0. The van der Waals surface area contributed by atoms with E-state index in [-0.39, 0.29) is 11.0 Å². The number of nitrogens with one attached hydrogen (secondary N) is 2. The minimum absolute atomic E-state index is 0.204. The second-order valence-electron chi connectivity index (χ2n) is 5.62. The standard InChI is InChI=1S/C18H19ClN2O2S/c1-12(2)11-23-16-6-4-3-5-15(16)20-18(24)21-17(22)13-7-9-14(19)10-8-13/h3-10,12H,11H2,1-2H3,(H2,20,21,22,24). The average molecular weight is 363 g/mol. The summed E-state index contributed by atoms with van der Waals surface area (Å²) in [5.74, 6) is 0.800. The molecule has 2 rings (SSSR count). The number of rotatable bonds is 5. The highest BCUT2D eigenvalue weighted by molar-refractivity contribution is 7.80. The lowest BCUT2D eigenvalue weighted by Crippen LogP contribution is -2.34. The van der Waals surface area contributed by atoms with Crippen LogP contribution >= 0.6 is 23.8 Å². The van der Waals surface area contributed by atoms with Gasteiger partial charge in [-0.3, -0.25) is 10.1 Å². The molecule has 0 saturated heterocycles. The van der Waals surface area contributed by atoms with Gasteiger partial charge in [-0.15, -0.1) is 0 Å². The predicted molar refractivity (Wildman–Crippen MR) is 102 cm³/mol. The second kappa shape index (κ2) is 8.66. The fourth-order valence-electron chi connectivity index (χ4n) is 1.88. The lowest BCUT2D eigenvalue weighted by Gasteiger charge is -2.15. The van der Waals surface area contributed by atoms with E-state index in [2.05, 4.69) is 24.5 Å². The minimum atomic E-state index is -0.301. The molecule has 0 saturated carbocycles. The number of amides is 1. The quantitative estimate of drug-likeness (QED) is 0.769. The van der Waals surface area contributed by atoms with Gasteiger partial charge < -0.3 is 10.1 Å². The molecular formula is C18H19ClN2O2S. The van der Waals surface area contributed by atoms with E-state index in [9.17, 15) is 4.79 Å². The van der Waals surface area contributed by atoms with Crippen LogP contribution in [0.4, 0.5) is 5.69 Å². The number of carbonyl (C=O) groups excluding carboxylic acids is 1. The van der Waals surface area contributed by atoms with Crippen molar-refractivity contribution in [3.8, 4) is 5.75 Å². The van der Waals surface area contributed by atoms with Crippen LogP contribution in [0.3, 0.4) is 0 Å². The molecule has 1 amide bonds. The summed E-state index contributed by atoms with van der Waals surface area (Å²) in [5, 5.41) is 6.41. The van der Waals surface area contributed by atoms with Crippen LogP contribution in [0.25, 0.3) is 0 Å². The van der Waals surface area contributed by atoms with Crippen molar-refractivity contribution >= 4 is 40.5 Å². The molecule has 126 valence electrons. The van der Waals surface area contributed by atoms with Crippen molar-refractivity contribution in [2.75, 3.05) is 11.9 Å². The third-order valence-electron chi connectivity index (χ3n) is 3.04. The summed E-state index contributed by atoms with van der Waals surface area (Å²) >= 11 is 11.0. The van der Waals surface area contributed by atoms with Gasteiger partial charge in [0.05, 0.1) is 12.3 Å². The monoisotopic (exact) mass is 362 g/mol. The zero-order valence-electron chi connectivity index (χ0n) is 13.5. The van der Waals surface area contributed by atoms with Crippen molar-refractivity contribution < 1.29 is 9.53 Å². The Bertz CT molecular complexity index is 717. The Labute approximate surface area is 152 Å². The molecule has 4 nitrogen and oxygen atoms in total. The van der Waals surface area contributed by atoms with Crippen LogP contribution in [0.1, 0.15) is 24.2 Å². The van der Waals surface area contributed by atoms with Gasteiger partial charge in [0.1, 0.15) is 5.75 Å². The van der Waals surface area contributed by atoms with E-state index in [1.54, 1.807) is 24.3 Å². The Morgan fingerprint density at radius 1 is 1.17 bits per heavy atom. The second-order valence-corrected chi connectivity index (χ2v) is 6.46. The maximum absolute atomic E-state index is 12.1. The van der Waals surface area contributed by atoms with Gasteiger partial charge in [0.25, 0.3) is 5.91 Å². The molecule has 2 aromatic rings. The first-order valence-corrected chi connectivity index (χ1v) is 8.34. The van der Waals surface area contributed by atoms with Crippen LogP contribution in [0.2, 0.25) is 5.02 Å². The first kappa shape index (κ1) is 18.2. The van der Waals surface area contributed by atoms with E-state index in [4.69, 9.17) is 28.6 Å². The van der Waals surface area contributed by atoms with Gasteiger partial charge in [-0.25, -0.2) is 0 Å². The molecule has 0 radical (unpaired) electrons. The highest BCUT2D eigenvalue weighted by atomic mass is 35.5. The molecule has 2 aromatic carbocycles. The van der Waals surface area contributed by atoms with Crippen molar-refractivity contribution in [2.45, 2.75) is 13.8 Å². The molecule has 6 heteroatoms. The number of thiocarbonyl (C=S) groups is 1. The first-order valence-electron chi connectivity index (χ1n) is 7.55. The summed E-state index contributed by atoms with van der Waals surface area (Å²) < 4.78 is 5.75. The molecule has 0 aromatic heterocycles. The summed E-state index contributed by atoms with van der Waals surface area (Å²) in [5.41, 5.74) is 1.19. The van der Waals surface area contributed by atoms with Crippen molar-refractivity contribution in [3.63, 3.8) is 0 Å². The molecule has 0 aliphatic rings. The van der Waals surface area contributed by atoms with E-state index in [0.717, 1.165) is 0 Å². The molecule has 0 fully saturated rings. The number of hydrogen-bond donors (Lipinski definition) is 2. The van der Waals surface area contributed by atoms with E-state index in [0.29, 0.717) is 34.5 Å². The molecule has 0 spiro atoms. The Morgan fingerprint density at radius 2 is 1.83 bits per heavy atom. The maximum Gasteiger partial charge on any atom is 0.257 e. The van der Waals surface area contributed by atoms with Crippen LogP contribution < -0.4 is 15.4 Å². The van der Waals surface area contributed by atoms with Gasteiger partial charge in [0, 0.05) is 10.6 Å². The molecule has 2 N–H and O–H groups in total. The fraction of sp³-hybridized carbons (Fsp3) is 0.222. The summed E-state index contributed by atoms with van der Waals surface area (Å²) in [6, 6.07) is 14.0. The molecule has 0 aliphatic heterocycles. The normalized spacial score (nSPS) is 10.3. The topological polar surface area (TPSA) is 50.4 Å². The van der Waals surface area contributed by atoms with E-state index < -0.39 is 0 Å². The van der Waals surface area contributed by atoms with Crippen molar-refractivity contribution in [2.24, 2.45) is 5.92 Å². The number of benzene rings is 2. The van der Waals surface area contributed by atoms with Gasteiger partial charge in [-0.2, -0.15) is 0 Å². The van der Waals surface area contributed by atoms with Gasteiger partial charge in [-0.1, -0.05) is 37.6 Å². The van der Waals surface area contributed by atoms with Crippen molar-refractivity contribution in [1.82, 2.24) is 5.32 Å². The SMILES string of the molecule is CC(C)COc1ccccc1NC(=S)NC(=O)c1ccc(Cl)cc1. The van der Waals surface area contributed by atoms with Gasteiger partial charge in [0.15, 0.2) is 5.11 Å². The number of anilines is 1. The highest BCUT2D eigenvalue weighted by Crippen LogP contribution is 2.24. The summed E-state index contributed by atoms with van der Waals surface area (Å²) in [6.45, 7) is 4.75. The Hall–Kier alpha value is -2.11. The summed E-state index contributed by atoms with van der Waals surface area (Å²) in [6.07, 6.45) is 0. The number of para-hydroxylation sites is 2. The van der Waals surface area contributed by atoms with Crippen LogP contribution in [0.15, 0.2) is 48.5 Å². The van der Waals surface area contributed by atoms with Gasteiger partial charge in [-0.05, 0) is 54.5 Å². The maximum atomic E-state index is 12.1. The summed E-state index contributed by atoms with van der Waals surface area (Å²) in [4.78, 5) is 12.1. The number of halogens is 1. The van der Waals surface area contributed by atoms with Crippen molar-refractivity contribution in [3.05, 3.63) is 59.1 Å². The van der Waals surface area contributed by atoms with E-state index in [1.165, 1.54) is 0 Å². The molecule has 24 heavy (non-hydrogen) atoms. The zero-order chi connectivity index (χ0) is 17.5. The van der Waals surface area contributed by atoms with Gasteiger partial charge in [0.2, 0.25) is 0 Å². The Kier molecular flexibility index (Phi) is 6.58. The average Bonchev–Trinajstić information content (AvgIpc) is 2.54. The molecule has 0 bridgehead atoms. The van der Waals surface area contributed by atoms with Crippen LogP contribution in [-0.4, -0.2) is 17.6 Å². The molecule has 0 unspecified atom stereocenters. The molecule has 0 heterocycles. The van der Waals surface area contributed by atoms with Crippen LogP contribution in [0, 0.1) is 5.92 Å². The third kappa shape index (κ3) is 5.51. The van der Waals surface area contributed by atoms with Gasteiger partial charge >= 0.3 is 0 Å². The molecule has 0 atom stereocenters. The Morgan fingerprint density at radius 3 is 2.50 bits per heavy atom. The number of ether oxygens (including phenoxy) is 1. The van der Waals surface area contributed by atoms with Crippen LogP contribution in [0.5, 0.6) is 5.75 Å². The Balaban J connectivity index is 1.99. The first-order chi connectivity index (χ1) is 11.5. The smallest absolute Gasteiger partial charge is 0.257 e. The van der Waals surface area contributed by atoms with E-state index >= 15 is 0 Å².